The largest absolute Gasteiger partial charge is 0.395 e. The van der Waals surface area contributed by atoms with Crippen molar-refractivity contribution >= 4 is 11.8 Å². The molecular formula is C9H18N4OS. The van der Waals surface area contributed by atoms with Gasteiger partial charge in [-0.05, 0) is 5.41 Å². The highest BCUT2D eigenvalue weighted by Gasteiger charge is 2.29. The summed E-state index contributed by atoms with van der Waals surface area (Å²) >= 11 is 1.43. The van der Waals surface area contributed by atoms with E-state index < -0.39 is 0 Å². The van der Waals surface area contributed by atoms with Crippen molar-refractivity contribution in [1.29, 1.82) is 0 Å². The normalized spacial score (nSPS) is 16.3. The summed E-state index contributed by atoms with van der Waals surface area (Å²) in [5, 5.41) is 16.4. The van der Waals surface area contributed by atoms with Crippen LogP contribution >= 0.6 is 11.8 Å². The summed E-state index contributed by atoms with van der Waals surface area (Å²) in [5.74, 6) is 0. The summed E-state index contributed by atoms with van der Waals surface area (Å²) in [6.07, 6.45) is 1.44. The number of aromatic amines is 1. The molecule has 1 heterocycles. The van der Waals surface area contributed by atoms with Crippen LogP contribution in [0.5, 0.6) is 0 Å². The van der Waals surface area contributed by atoms with Crippen LogP contribution in [0.4, 0.5) is 0 Å². The molecule has 1 rings (SSSR count). The Morgan fingerprint density at radius 2 is 2.27 bits per heavy atom. The Hall–Kier alpha value is -0.590. The summed E-state index contributed by atoms with van der Waals surface area (Å²) in [7, 11) is 0. The summed E-state index contributed by atoms with van der Waals surface area (Å²) in [4.78, 5) is 4.00. The smallest absolute Gasteiger partial charge is 0.183 e. The zero-order chi connectivity index (χ0) is 11.5. The van der Waals surface area contributed by atoms with E-state index in [4.69, 9.17) is 5.73 Å². The molecule has 86 valence electrons. The maximum Gasteiger partial charge on any atom is 0.183 e. The number of aliphatic hydroxyl groups excluding tert-OH is 1. The molecule has 0 aliphatic heterocycles. The number of aliphatic hydroxyl groups is 1. The summed E-state index contributed by atoms with van der Waals surface area (Å²) in [6, 6.07) is -0.0994. The number of aromatic nitrogens is 3. The van der Waals surface area contributed by atoms with E-state index in [1.54, 1.807) is 0 Å². The molecule has 0 fully saturated rings. The number of nitrogens with zero attached hydrogens (tertiary/aromatic N) is 2. The van der Waals surface area contributed by atoms with Gasteiger partial charge < -0.3 is 10.8 Å². The van der Waals surface area contributed by atoms with Crippen LogP contribution in [0.25, 0.3) is 0 Å². The molecule has 15 heavy (non-hydrogen) atoms. The van der Waals surface area contributed by atoms with E-state index in [9.17, 15) is 5.11 Å². The number of nitrogens with two attached hydrogens (primary N) is 1. The fourth-order valence-corrected chi connectivity index (χ4v) is 2.31. The van der Waals surface area contributed by atoms with Gasteiger partial charge in [-0.25, -0.2) is 4.98 Å². The molecule has 0 saturated carbocycles. The third kappa shape index (κ3) is 3.48. The average molecular weight is 230 g/mol. The van der Waals surface area contributed by atoms with E-state index in [2.05, 4.69) is 36.0 Å². The Bertz CT molecular complexity index is 283. The van der Waals surface area contributed by atoms with Crippen LogP contribution in [0.2, 0.25) is 0 Å². The van der Waals surface area contributed by atoms with Crippen molar-refractivity contribution < 1.29 is 5.11 Å². The fraction of sp³-hybridized carbons (Fsp3) is 0.778. The second kappa shape index (κ2) is 4.96. The third-order valence-electron chi connectivity index (χ3n) is 2.24. The molecule has 0 amide bonds. The van der Waals surface area contributed by atoms with E-state index in [0.717, 1.165) is 0 Å². The van der Waals surface area contributed by atoms with Gasteiger partial charge in [-0.2, -0.15) is 5.10 Å². The first-order valence-corrected chi connectivity index (χ1v) is 5.71. The minimum absolute atomic E-state index is 0.0316. The number of hydrogen-bond donors (Lipinski definition) is 3. The van der Waals surface area contributed by atoms with Crippen molar-refractivity contribution in [3.05, 3.63) is 6.33 Å². The molecule has 0 spiro atoms. The molecule has 1 aromatic heterocycles. The molecule has 1 aromatic rings. The van der Waals surface area contributed by atoms with E-state index in [1.807, 2.05) is 0 Å². The van der Waals surface area contributed by atoms with Gasteiger partial charge in [0.1, 0.15) is 6.33 Å². The average Bonchev–Trinajstić information content (AvgIpc) is 2.64. The number of rotatable bonds is 4. The predicted molar refractivity (Wildman–Crippen MR) is 60.5 cm³/mol. The van der Waals surface area contributed by atoms with Gasteiger partial charge in [0.25, 0.3) is 0 Å². The first-order chi connectivity index (χ1) is 6.95. The van der Waals surface area contributed by atoms with E-state index in [1.165, 1.54) is 18.1 Å². The summed E-state index contributed by atoms with van der Waals surface area (Å²) in [5.41, 5.74) is 6.04. The van der Waals surface area contributed by atoms with Crippen molar-refractivity contribution in [3.63, 3.8) is 0 Å². The predicted octanol–water partition coefficient (Wildman–Crippen LogP) is 0.631. The van der Waals surface area contributed by atoms with Crippen molar-refractivity contribution in [2.75, 3.05) is 6.61 Å². The Balaban J connectivity index is 2.64. The number of nitrogens with one attached hydrogen (secondary N) is 1. The first kappa shape index (κ1) is 12.5. The van der Waals surface area contributed by atoms with Crippen LogP contribution in [-0.2, 0) is 0 Å². The van der Waals surface area contributed by atoms with Gasteiger partial charge in [0, 0.05) is 6.04 Å². The second-order valence-corrected chi connectivity index (χ2v) is 5.75. The number of thioether (sulfide) groups is 1. The Kier molecular flexibility index (Phi) is 4.12. The molecule has 4 N–H and O–H groups in total. The lowest BCUT2D eigenvalue weighted by Gasteiger charge is -2.32. The quantitative estimate of drug-likeness (QED) is 0.660. The zero-order valence-corrected chi connectivity index (χ0v) is 10.1. The fourth-order valence-electron chi connectivity index (χ4n) is 1.18. The molecule has 2 unspecified atom stereocenters. The van der Waals surface area contributed by atoms with Gasteiger partial charge in [0.15, 0.2) is 5.16 Å². The SMILES string of the molecule is CC(C)(C)C(N)C(CO)Sc1ncn[nH]1. The van der Waals surface area contributed by atoms with Gasteiger partial charge in [0.05, 0.1) is 11.9 Å². The van der Waals surface area contributed by atoms with Crippen molar-refractivity contribution in [3.8, 4) is 0 Å². The highest BCUT2D eigenvalue weighted by Crippen LogP contribution is 2.29. The van der Waals surface area contributed by atoms with Gasteiger partial charge >= 0.3 is 0 Å². The maximum atomic E-state index is 9.30. The van der Waals surface area contributed by atoms with Crippen LogP contribution in [0.15, 0.2) is 11.5 Å². The maximum absolute atomic E-state index is 9.30. The summed E-state index contributed by atoms with van der Waals surface area (Å²) in [6.45, 7) is 6.20. The molecule has 2 atom stereocenters. The molecular weight excluding hydrogens is 212 g/mol. The van der Waals surface area contributed by atoms with Crippen LogP contribution < -0.4 is 5.73 Å². The van der Waals surface area contributed by atoms with Gasteiger partial charge in [-0.3, -0.25) is 5.10 Å². The van der Waals surface area contributed by atoms with E-state index >= 15 is 0 Å². The lowest BCUT2D eigenvalue weighted by Crippen LogP contribution is -2.45. The molecule has 0 radical (unpaired) electrons. The topological polar surface area (TPSA) is 87.8 Å². The molecule has 0 aliphatic rings. The second-order valence-electron chi connectivity index (χ2n) is 4.52. The van der Waals surface area contributed by atoms with Crippen molar-refractivity contribution in [2.24, 2.45) is 11.1 Å². The lowest BCUT2D eigenvalue weighted by molar-refractivity contribution is 0.233. The van der Waals surface area contributed by atoms with Crippen LogP contribution in [0.1, 0.15) is 20.8 Å². The third-order valence-corrected chi connectivity index (χ3v) is 3.40. The molecule has 6 heteroatoms. The van der Waals surface area contributed by atoms with Crippen LogP contribution in [0, 0.1) is 5.41 Å². The van der Waals surface area contributed by atoms with Gasteiger partial charge in [0.2, 0.25) is 0 Å². The first-order valence-electron chi connectivity index (χ1n) is 4.83. The molecule has 5 nitrogen and oxygen atoms in total. The van der Waals surface area contributed by atoms with Gasteiger partial charge in [-0.15, -0.1) is 0 Å². The van der Waals surface area contributed by atoms with E-state index in [-0.39, 0.29) is 23.3 Å². The summed E-state index contributed by atoms with van der Waals surface area (Å²) < 4.78 is 0. The monoisotopic (exact) mass is 230 g/mol. The lowest BCUT2D eigenvalue weighted by atomic mass is 9.85. The Labute approximate surface area is 93.9 Å². The van der Waals surface area contributed by atoms with Crippen LogP contribution in [-0.4, -0.2) is 38.2 Å². The molecule has 0 aromatic carbocycles. The minimum Gasteiger partial charge on any atom is -0.395 e. The number of hydrogen-bond acceptors (Lipinski definition) is 5. The Morgan fingerprint density at radius 3 is 2.67 bits per heavy atom. The van der Waals surface area contributed by atoms with E-state index in [0.29, 0.717) is 5.16 Å². The molecule has 0 saturated heterocycles. The zero-order valence-electron chi connectivity index (χ0n) is 9.27. The Morgan fingerprint density at radius 1 is 1.60 bits per heavy atom. The molecule has 0 aliphatic carbocycles. The van der Waals surface area contributed by atoms with Gasteiger partial charge in [-0.1, -0.05) is 32.5 Å². The van der Waals surface area contributed by atoms with Crippen LogP contribution in [0.3, 0.4) is 0 Å². The standard InChI is InChI=1S/C9H18N4OS/c1-9(2,3)7(10)6(4-14)15-8-11-5-12-13-8/h5-7,14H,4,10H2,1-3H3,(H,11,12,13). The van der Waals surface area contributed by atoms with Crippen molar-refractivity contribution in [1.82, 2.24) is 15.2 Å². The minimum atomic E-state index is -0.0994. The number of H-pyrrole nitrogens is 1. The highest BCUT2D eigenvalue weighted by molar-refractivity contribution is 7.99. The molecule has 0 bridgehead atoms. The highest BCUT2D eigenvalue weighted by atomic mass is 32.2. The van der Waals surface area contributed by atoms with Crippen molar-refractivity contribution in [2.45, 2.75) is 37.2 Å².